The van der Waals surface area contributed by atoms with Crippen molar-refractivity contribution in [1.29, 1.82) is 0 Å². The normalized spacial score (nSPS) is 13.6. The Morgan fingerprint density at radius 1 is 1.16 bits per heavy atom. The molecule has 0 unspecified atom stereocenters. The zero-order valence-corrected chi connectivity index (χ0v) is 23.8. The summed E-state index contributed by atoms with van der Waals surface area (Å²) in [5.74, 6) is -0.0902. The second-order valence-electron chi connectivity index (χ2n) is 10.8. The highest BCUT2D eigenvalue weighted by atomic mass is 19.4. The molecule has 228 valence electrons. The van der Waals surface area contributed by atoms with E-state index in [1.54, 1.807) is 49.1 Å². The average molecular weight is 608 g/mol. The topological polar surface area (TPSA) is 160 Å². The molecule has 12 nitrogen and oxygen atoms in total. The van der Waals surface area contributed by atoms with E-state index in [1.807, 2.05) is 0 Å². The first-order valence-corrected chi connectivity index (χ1v) is 13.9. The van der Waals surface area contributed by atoms with E-state index in [0.29, 0.717) is 39.2 Å². The maximum atomic E-state index is 13.4. The molecule has 0 amide bonds. The number of aliphatic carboxylic acids is 1. The lowest BCUT2D eigenvalue weighted by atomic mass is 10.1. The Kier molecular flexibility index (Phi) is 7.39. The third-order valence-corrected chi connectivity index (χ3v) is 7.26. The van der Waals surface area contributed by atoms with Gasteiger partial charge in [-0.3, -0.25) is 4.79 Å². The molecule has 6 rings (SSSR count). The summed E-state index contributed by atoms with van der Waals surface area (Å²) in [6.45, 7) is 3.71. The van der Waals surface area contributed by atoms with Crippen LogP contribution in [0.15, 0.2) is 43.1 Å². The summed E-state index contributed by atoms with van der Waals surface area (Å²) in [7, 11) is 0. The van der Waals surface area contributed by atoms with E-state index in [2.05, 4.69) is 25.0 Å². The van der Waals surface area contributed by atoms with Crippen LogP contribution in [0, 0.1) is 0 Å². The van der Waals surface area contributed by atoms with Gasteiger partial charge in [-0.15, -0.1) is 0 Å². The molecule has 1 aliphatic carbocycles. The molecule has 44 heavy (non-hydrogen) atoms. The molecule has 0 spiro atoms. The largest absolute Gasteiger partial charge is 0.481 e. The van der Waals surface area contributed by atoms with Crippen molar-refractivity contribution in [1.82, 2.24) is 39.3 Å². The summed E-state index contributed by atoms with van der Waals surface area (Å²) in [5.41, 5.74) is 8.68. The summed E-state index contributed by atoms with van der Waals surface area (Å²) in [4.78, 5) is 32.9. The molecule has 0 radical (unpaired) electrons. The van der Waals surface area contributed by atoms with Crippen molar-refractivity contribution >= 4 is 22.7 Å². The summed E-state index contributed by atoms with van der Waals surface area (Å²) < 4.78 is 49.0. The van der Waals surface area contributed by atoms with Crippen molar-refractivity contribution in [2.24, 2.45) is 0 Å². The zero-order valence-electron chi connectivity index (χ0n) is 23.8. The zero-order chi connectivity index (χ0) is 31.2. The predicted molar refractivity (Wildman–Crippen MR) is 153 cm³/mol. The van der Waals surface area contributed by atoms with E-state index in [4.69, 9.17) is 20.6 Å². The highest BCUT2D eigenvalue weighted by Crippen LogP contribution is 2.45. The van der Waals surface area contributed by atoms with Crippen LogP contribution >= 0.6 is 0 Å². The number of ether oxygens (including phenoxy) is 1. The highest BCUT2D eigenvalue weighted by molar-refractivity contribution is 5.78. The summed E-state index contributed by atoms with van der Waals surface area (Å²) in [6, 6.07) is 4.77. The molecular weight excluding hydrogens is 579 g/mol. The molecule has 1 aromatic carbocycles. The van der Waals surface area contributed by atoms with Crippen molar-refractivity contribution < 1.29 is 27.8 Å². The van der Waals surface area contributed by atoms with Crippen LogP contribution in [0.5, 0.6) is 5.88 Å². The van der Waals surface area contributed by atoms with Crippen molar-refractivity contribution in [3.05, 3.63) is 60.1 Å². The van der Waals surface area contributed by atoms with Crippen molar-refractivity contribution in [2.75, 3.05) is 12.3 Å². The van der Waals surface area contributed by atoms with Crippen LogP contribution in [0.3, 0.4) is 0 Å². The lowest BCUT2D eigenvalue weighted by Gasteiger charge is -2.14. The number of carbonyl (C=O) groups is 1. The molecule has 0 bridgehead atoms. The first-order chi connectivity index (χ1) is 21.0. The number of benzene rings is 1. The van der Waals surface area contributed by atoms with Gasteiger partial charge in [-0.25, -0.2) is 29.6 Å². The van der Waals surface area contributed by atoms with E-state index in [-0.39, 0.29) is 43.2 Å². The second-order valence-corrected chi connectivity index (χ2v) is 10.8. The van der Waals surface area contributed by atoms with Crippen molar-refractivity contribution in [3.63, 3.8) is 0 Å². The third-order valence-electron chi connectivity index (χ3n) is 7.26. The van der Waals surface area contributed by atoms with Crippen LogP contribution in [-0.2, 0) is 17.5 Å². The predicted octanol–water partition coefficient (Wildman–Crippen LogP) is 5.11. The van der Waals surface area contributed by atoms with E-state index < -0.39 is 17.8 Å². The van der Waals surface area contributed by atoms with Crippen LogP contribution < -0.4 is 10.5 Å². The maximum Gasteiger partial charge on any atom is 0.434 e. The van der Waals surface area contributed by atoms with Gasteiger partial charge in [0.25, 0.3) is 0 Å². The van der Waals surface area contributed by atoms with Gasteiger partial charge in [0.1, 0.15) is 24.3 Å². The second kappa shape index (κ2) is 11.2. The molecule has 0 atom stereocenters. The number of nitrogens with two attached hydrogens (primary N) is 1. The van der Waals surface area contributed by atoms with Crippen molar-refractivity contribution in [2.45, 2.75) is 57.8 Å². The Morgan fingerprint density at radius 3 is 2.64 bits per heavy atom. The van der Waals surface area contributed by atoms with E-state index in [1.165, 1.54) is 10.9 Å². The fourth-order valence-electron chi connectivity index (χ4n) is 4.88. The minimum atomic E-state index is -4.57. The number of rotatable bonds is 10. The minimum absolute atomic E-state index is 0.0756. The Hall–Kier alpha value is -5.08. The van der Waals surface area contributed by atoms with Crippen molar-refractivity contribution in [3.8, 4) is 28.7 Å². The maximum absolute atomic E-state index is 13.4. The molecule has 15 heteroatoms. The average Bonchev–Trinajstić information content (AvgIpc) is 3.58. The fraction of sp³-hybridized carbons (Fsp3) is 0.345. The number of nitrogen functional groups attached to an aromatic ring is 1. The van der Waals surface area contributed by atoms with E-state index >= 15 is 0 Å². The summed E-state index contributed by atoms with van der Waals surface area (Å²) in [5, 5.41) is 14.2. The Balaban J connectivity index is 1.33. The quantitative estimate of drug-likeness (QED) is 0.204. The fourth-order valence-corrected chi connectivity index (χ4v) is 4.88. The number of halogens is 3. The number of nitrogens with zero attached hydrogens (tertiary/aromatic N) is 8. The number of carboxylic acid groups (broad SMARTS) is 1. The Labute approximate surface area is 248 Å². The van der Waals surface area contributed by atoms with Crippen LogP contribution in [0.4, 0.5) is 18.9 Å². The van der Waals surface area contributed by atoms with Gasteiger partial charge in [-0.2, -0.15) is 18.3 Å². The number of anilines is 1. The highest BCUT2D eigenvalue weighted by Gasteiger charge is 2.35. The Bertz CT molecular complexity index is 1860. The van der Waals surface area contributed by atoms with Gasteiger partial charge in [-0.05, 0) is 38.3 Å². The molecule has 4 aromatic heterocycles. The van der Waals surface area contributed by atoms with Crippen LogP contribution in [-0.4, -0.2) is 57.0 Å². The summed E-state index contributed by atoms with van der Waals surface area (Å²) >= 11 is 0. The van der Waals surface area contributed by atoms with Crippen LogP contribution in [0.2, 0.25) is 0 Å². The molecule has 0 saturated heterocycles. The molecule has 1 aliphatic rings. The van der Waals surface area contributed by atoms with Gasteiger partial charge in [0.05, 0.1) is 30.2 Å². The number of hydrogen-bond acceptors (Lipinski definition) is 9. The number of imidazole rings is 1. The molecule has 0 aliphatic heterocycles. The van der Waals surface area contributed by atoms with Gasteiger partial charge in [0.15, 0.2) is 17.2 Å². The Morgan fingerprint density at radius 2 is 1.95 bits per heavy atom. The van der Waals surface area contributed by atoms with E-state index in [9.17, 15) is 18.0 Å². The molecule has 1 fully saturated rings. The lowest BCUT2D eigenvalue weighted by Crippen LogP contribution is -2.09. The van der Waals surface area contributed by atoms with Crippen LogP contribution in [0.1, 0.15) is 62.0 Å². The van der Waals surface area contributed by atoms with Crippen LogP contribution in [0.25, 0.3) is 33.8 Å². The number of alkyl halides is 3. The monoisotopic (exact) mass is 607 g/mol. The van der Waals surface area contributed by atoms with E-state index in [0.717, 1.165) is 24.7 Å². The van der Waals surface area contributed by atoms with Gasteiger partial charge < -0.3 is 20.1 Å². The lowest BCUT2D eigenvalue weighted by molar-refractivity contribution is -0.141. The molecular formula is C29H28F3N9O3. The van der Waals surface area contributed by atoms with Gasteiger partial charge >= 0.3 is 12.1 Å². The number of hydrogen-bond donors (Lipinski definition) is 2. The van der Waals surface area contributed by atoms with Gasteiger partial charge in [0.2, 0.25) is 5.88 Å². The standard InChI is InChI=1S/C29H28F3N9O3/c1-15(2)40-13-21(29(30,31)32)38-26(40)17-5-6-18(20(33)9-17)12-41-27-19(11-37-41)10-34-25(39-27)23-24(16-3-4-16)35-14-36-28(23)44-8-7-22(42)43/h5-6,9-11,13-16H,3-4,7-8,12,33H2,1-2H3,(H,42,43). The molecule has 1 saturated carbocycles. The third kappa shape index (κ3) is 5.76. The molecule has 3 N–H and O–H groups in total. The minimum Gasteiger partial charge on any atom is -0.481 e. The molecule has 4 heterocycles. The summed E-state index contributed by atoms with van der Waals surface area (Å²) in [6.07, 6.45) is 2.77. The number of aromatic nitrogens is 8. The SMILES string of the molecule is CC(C)n1cc(C(F)(F)F)nc1-c1ccc(Cn2ncc3cnc(-c4c(OCCC(=O)O)ncnc4C4CC4)nc32)c(N)c1. The number of fused-ring (bicyclic) bond motifs is 1. The first-order valence-electron chi connectivity index (χ1n) is 13.9. The first kappa shape index (κ1) is 29.0. The molecule has 5 aromatic rings. The van der Waals surface area contributed by atoms with Gasteiger partial charge in [0, 0.05) is 35.6 Å². The number of carboxylic acids is 1. The smallest absolute Gasteiger partial charge is 0.434 e. The van der Waals surface area contributed by atoms with Gasteiger partial charge in [-0.1, -0.05) is 12.1 Å².